The van der Waals surface area contributed by atoms with Gasteiger partial charge in [0.15, 0.2) is 0 Å². The maximum atomic E-state index is 12.2. The van der Waals surface area contributed by atoms with E-state index in [4.69, 9.17) is 0 Å². The Morgan fingerprint density at radius 1 is 1.08 bits per heavy atom. The molecule has 0 spiro atoms. The third-order valence-electron chi connectivity index (χ3n) is 4.99. The number of benzene rings is 1. The van der Waals surface area contributed by atoms with Crippen LogP contribution in [0, 0.1) is 0 Å². The van der Waals surface area contributed by atoms with Crippen LogP contribution in [0.3, 0.4) is 0 Å². The topological polar surface area (TPSA) is 50.2 Å². The van der Waals surface area contributed by atoms with Gasteiger partial charge in [-0.1, -0.05) is 24.3 Å². The lowest BCUT2D eigenvalue weighted by molar-refractivity contribution is -0.121. The van der Waals surface area contributed by atoms with E-state index in [0.29, 0.717) is 19.5 Å². The number of hydrogen-bond acceptors (Lipinski definition) is 3. The number of hydrogen-bond donors (Lipinski definition) is 1. The molecule has 134 valence electrons. The lowest BCUT2D eigenvalue weighted by atomic mass is 10.2. The lowest BCUT2D eigenvalue weighted by Gasteiger charge is -2.16. The second-order valence-electron chi connectivity index (χ2n) is 6.81. The molecule has 5 nitrogen and oxygen atoms in total. The van der Waals surface area contributed by atoms with E-state index >= 15 is 0 Å². The van der Waals surface area contributed by atoms with Gasteiger partial charge in [0.2, 0.25) is 5.91 Å². The molecular weight excluding hydrogens is 324 g/mol. The molecule has 1 aromatic carbocycles. The average Bonchev–Trinajstić information content (AvgIpc) is 3.35. The Hall–Kier alpha value is -2.82. The molecule has 1 N–H and O–H groups in total. The summed E-state index contributed by atoms with van der Waals surface area (Å²) in [5, 5.41) is 4.20. The fourth-order valence-electron chi connectivity index (χ4n) is 3.50. The second-order valence-corrected chi connectivity index (χ2v) is 6.81. The molecule has 3 heterocycles. The van der Waals surface area contributed by atoms with Gasteiger partial charge in [-0.25, -0.2) is 4.98 Å². The Morgan fingerprint density at radius 3 is 2.73 bits per heavy atom. The molecule has 5 heteroatoms. The second kappa shape index (κ2) is 7.60. The number of fused-ring (bicyclic) bond motifs is 1. The zero-order valence-corrected chi connectivity index (χ0v) is 14.9. The van der Waals surface area contributed by atoms with E-state index in [9.17, 15) is 4.79 Å². The van der Waals surface area contributed by atoms with Gasteiger partial charge in [0, 0.05) is 50.5 Å². The van der Waals surface area contributed by atoms with Gasteiger partial charge in [0.1, 0.15) is 5.82 Å². The first-order valence-electron chi connectivity index (χ1n) is 9.30. The van der Waals surface area contributed by atoms with Crippen molar-refractivity contribution in [1.82, 2.24) is 14.9 Å². The Labute approximate surface area is 153 Å². The number of aromatic nitrogens is 2. The van der Waals surface area contributed by atoms with Gasteiger partial charge in [0.25, 0.3) is 0 Å². The average molecular weight is 348 g/mol. The van der Waals surface area contributed by atoms with Crippen LogP contribution in [0.4, 0.5) is 5.82 Å². The lowest BCUT2D eigenvalue weighted by Crippen LogP contribution is -2.24. The predicted molar refractivity (Wildman–Crippen MR) is 104 cm³/mol. The molecule has 1 aliphatic rings. The number of amides is 1. The van der Waals surface area contributed by atoms with Crippen LogP contribution in [0.5, 0.6) is 0 Å². The zero-order chi connectivity index (χ0) is 17.8. The van der Waals surface area contributed by atoms with Gasteiger partial charge in [-0.3, -0.25) is 4.79 Å². The molecule has 1 saturated heterocycles. The number of nitrogens with zero attached hydrogens (tertiary/aromatic N) is 3. The summed E-state index contributed by atoms with van der Waals surface area (Å²) in [4.78, 5) is 19.0. The first kappa shape index (κ1) is 16.6. The van der Waals surface area contributed by atoms with Crippen molar-refractivity contribution in [1.29, 1.82) is 0 Å². The summed E-state index contributed by atoms with van der Waals surface area (Å²) in [6.45, 7) is 3.40. The molecule has 0 aliphatic carbocycles. The van der Waals surface area contributed by atoms with Crippen LogP contribution in [0.15, 0.2) is 54.9 Å². The summed E-state index contributed by atoms with van der Waals surface area (Å²) in [5.41, 5.74) is 2.20. The molecule has 1 aliphatic heterocycles. The highest BCUT2D eigenvalue weighted by Gasteiger charge is 2.13. The number of rotatable bonds is 6. The van der Waals surface area contributed by atoms with Crippen LogP contribution in [0.1, 0.15) is 24.8 Å². The molecule has 1 fully saturated rings. The van der Waals surface area contributed by atoms with Crippen LogP contribution in [-0.2, 0) is 17.9 Å². The van der Waals surface area contributed by atoms with E-state index < -0.39 is 0 Å². The number of nitrogens with one attached hydrogen (secondary N) is 1. The summed E-state index contributed by atoms with van der Waals surface area (Å²) in [7, 11) is 0. The summed E-state index contributed by atoms with van der Waals surface area (Å²) < 4.78 is 2.13. The van der Waals surface area contributed by atoms with Crippen molar-refractivity contribution in [2.75, 3.05) is 18.0 Å². The van der Waals surface area contributed by atoms with E-state index in [-0.39, 0.29) is 5.91 Å². The Balaban J connectivity index is 1.27. The van der Waals surface area contributed by atoms with Crippen molar-refractivity contribution >= 4 is 22.6 Å². The van der Waals surface area contributed by atoms with E-state index in [0.717, 1.165) is 24.5 Å². The number of pyridine rings is 1. The van der Waals surface area contributed by atoms with Gasteiger partial charge >= 0.3 is 0 Å². The van der Waals surface area contributed by atoms with Crippen molar-refractivity contribution < 1.29 is 4.79 Å². The van der Waals surface area contributed by atoms with Gasteiger partial charge < -0.3 is 14.8 Å². The number of para-hydroxylation sites is 1. The molecule has 4 rings (SSSR count). The van der Waals surface area contributed by atoms with Gasteiger partial charge in [0.05, 0.1) is 0 Å². The number of carbonyl (C=O) groups excluding carboxylic acids is 1. The predicted octanol–water partition coefficient (Wildman–Crippen LogP) is 3.34. The number of aryl methyl sites for hydroxylation is 1. The summed E-state index contributed by atoms with van der Waals surface area (Å²) in [6.07, 6.45) is 6.87. The van der Waals surface area contributed by atoms with Gasteiger partial charge in [-0.05, 0) is 42.0 Å². The van der Waals surface area contributed by atoms with Gasteiger partial charge in [-0.2, -0.15) is 0 Å². The van der Waals surface area contributed by atoms with Crippen molar-refractivity contribution in [3.63, 3.8) is 0 Å². The van der Waals surface area contributed by atoms with E-state index in [2.05, 4.69) is 50.1 Å². The molecule has 3 aromatic rings. The first-order chi connectivity index (χ1) is 12.8. The van der Waals surface area contributed by atoms with Crippen LogP contribution >= 0.6 is 0 Å². The molecule has 0 atom stereocenters. The maximum absolute atomic E-state index is 12.2. The normalized spacial score (nSPS) is 14.1. The molecule has 26 heavy (non-hydrogen) atoms. The minimum Gasteiger partial charge on any atom is -0.357 e. The number of anilines is 1. The summed E-state index contributed by atoms with van der Waals surface area (Å²) >= 11 is 0. The molecule has 0 bridgehead atoms. The standard InChI is InChI=1S/C21H24N4O/c26-21(10-14-24-13-9-18-5-1-2-6-19(18)24)23-16-17-7-8-20(22-15-17)25-11-3-4-12-25/h1-2,5-9,13,15H,3-4,10-12,14,16H2,(H,23,26). The molecular formula is C21H24N4O. The van der Waals surface area contributed by atoms with Crippen molar-refractivity contribution in [3.8, 4) is 0 Å². The Morgan fingerprint density at radius 2 is 1.92 bits per heavy atom. The largest absolute Gasteiger partial charge is 0.357 e. The molecule has 0 saturated carbocycles. The quantitative estimate of drug-likeness (QED) is 0.743. The Kier molecular flexibility index (Phi) is 4.86. The van der Waals surface area contributed by atoms with Crippen LogP contribution in [-0.4, -0.2) is 28.5 Å². The van der Waals surface area contributed by atoms with Crippen LogP contribution in [0.25, 0.3) is 10.9 Å². The van der Waals surface area contributed by atoms with Crippen LogP contribution < -0.4 is 10.2 Å². The van der Waals surface area contributed by atoms with Crippen molar-refractivity contribution in [2.45, 2.75) is 32.4 Å². The monoisotopic (exact) mass is 348 g/mol. The first-order valence-corrected chi connectivity index (χ1v) is 9.30. The SMILES string of the molecule is O=C(CCn1ccc2ccccc21)NCc1ccc(N2CCCC2)nc1. The summed E-state index contributed by atoms with van der Waals surface area (Å²) in [5.74, 6) is 1.10. The van der Waals surface area contributed by atoms with Crippen molar-refractivity contribution in [2.24, 2.45) is 0 Å². The molecule has 0 unspecified atom stereocenters. The fourth-order valence-corrected chi connectivity index (χ4v) is 3.50. The highest BCUT2D eigenvalue weighted by atomic mass is 16.1. The zero-order valence-electron chi connectivity index (χ0n) is 14.9. The molecule has 2 aromatic heterocycles. The third-order valence-corrected chi connectivity index (χ3v) is 4.99. The Bertz CT molecular complexity index is 878. The van der Waals surface area contributed by atoms with E-state index in [1.165, 1.54) is 23.7 Å². The van der Waals surface area contributed by atoms with E-state index in [1.807, 2.05) is 24.5 Å². The molecule has 0 radical (unpaired) electrons. The number of carbonyl (C=O) groups is 1. The third kappa shape index (κ3) is 3.72. The highest BCUT2D eigenvalue weighted by Crippen LogP contribution is 2.18. The smallest absolute Gasteiger partial charge is 0.222 e. The minimum absolute atomic E-state index is 0.0615. The van der Waals surface area contributed by atoms with Crippen molar-refractivity contribution in [3.05, 3.63) is 60.4 Å². The van der Waals surface area contributed by atoms with Crippen LogP contribution in [0.2, 0.25) is 0 Å². The highest BCUT2D eigenvalue weighted by molar-refractivity contribution is 5.80. The minimum atomic E-state index is 0.0615. The fraction of sp³-hybridized carbons (Fsp3) is 0.333. The molecule has 1 amide bonds. The maximum Gasteiger partial charge on any atom is 0.222 e. The van der Waals surface area contributed by atoms with Gasteiger partial charge in [-0.15, -0.1) is 0 Å². The van der Waals surface area contributed by atoms with E-state index in [1.54, 1.807) is 0 Å². The summed E-state index contributed by atoms with van der Waals surface area (Å²) in [6, 6.07) is 14.4.